The van der Waals surface area contributed by atoms with Crippen LogP contribution in [-0.4, -0.2) is 26.2 Å². The molecule has 0 spiro atoms. The number of aromatic nitrogens is 4. The summed E-state index contributed by atoms with van der Waals surface area (Å²) < 4.78 is 0. The van der Waals surface area contributed by atoms with Crippen LogP contribution in [0.4, 0.5) is 10.5 Å². The number of H-pyrrole nitrogens is 1. The van der Waals surface area contributed by atoms with E-state index in [2.05, 4.69) is 30.8 Å². The molecule has 8 heteroatoms. The summed E-state index contributed by atoms with van der Waals surface area (Å²) in [7, 11) is 0. The molecule has 2 amide bonds. The zero-order valence-corrected chi connectivity index (χ0v) is 11.7. The summed E-state index contributed by atoms with van der Waals surface area (Å²) in [6.07, 6.45) is 3.21. The van der Waals surface area contributed by atoms with Crippen LogP contribution in [0.15, 0.2) is 42.0 Å². The smallest absolute Gasteiger partial charge is 0.319 e. The molecule has 0 aliphatic heterocycles. The van der Waals surface area contributed by atoms with Gasteiger partial charge >= 0.3 is 6.03 Å². The summed E-state index contributed by atoms with van der Waals surface area (Å²) in [6.45, 7) is 0.268. The standard InChI is InChI=1S/C13H12N6OS/c20-13(16-9-3-1-5-14-7-9)15-8-11-17-12(19-18-11)10-4-2-6-21-10/h1-7H,8H2,(H2,15,16,20)(H,17,18,19). The summed E-state index contributed by atoms with van der Waals surface area (Å²) >= 11 is 1.56. The van der Waals surface area contributed by atoms with Gasteiger partial charge < -0.3 is 10.6 Å². The number of anilines is 1. The zero-order valence-electron chi connectivity index (χ0n) is 10.9. The Morgan fingerprint density at radius 2 is 2.29 bits per heavy atom. The van der Waals surface area contributed by atoms with Gasteiger partial charge in [0.05, 0.1) is 23.3 Å². The van der Waals surface area contributed by atoms with Crippen molar-refractivity contribution in [2.24, 2.45) is 0 Å². The number of hydrogen-bond acceptors (Lipinski definition) is 5. The second-order valence-electron chi connectivity index (χ2n) is 4.13. The van der Waals surface area contributed by atoms with E-state index in [0.29, 0.717) is 17.3 Å². The number of aromatic amines is 1. The van der Waals surface area contributed by atoms with Crippen LogP contribution in [0.1, 0.15) is 5.82 Å². The molecule has 0 saturated carbocycles. The molecule has 106 valence electrons. The van der Waals surface area contributed by atoms with Gasteiger partial charge in [-0.05, 0) is 23.6 Å². The Morgan fingerprint density at radius 1 is 1.33 bits per heavy atom. The Hall–Kier alpha value is -2.74. The minimum absolute atomic E-state index is 0.268. The maximum atomic E-state index is 11.7. The lowest BCUT2D eigenvalue weighted by Gasteiger charge is -2.05. The monoisotopic (exact) mass is 300 g/mol. The van der Waals surface area contributed by atoms with Gasteiger partial charge in [0.25, 0.3) is 0 Å². The SMILES string of the molecule is O=C(NCc1nc(-c2cccs2)n[nH]1)Nc1cccnc1. The number of thiophene rings is 1. The second kappa shape index (κ2) is 6.14. The third-order valence-corrected chi connectivity index (χ3v) is 3.47. The van der Waals surface area contributed by atoms with E-state index < -0.39 is 0 Å². The van der Waals surface area contributed by atoms with Gasteiger partial charge in [0.1, 0.15) is 5.82 Å². The number of urea groups is 1. The molecule has 3 heterocycles. The molecule has 0 unspecified atom stereocenters. The Labute approximate surface area is 124 Å². The Balaban J connectivity index is 1.54. The maximum absolute atomic E-state index is 11.7. The minimum Gasteiger partial charge on any atom is -0.331 e. The van der Waals surface area contributed by atoms with Crippen LogP contribution in [-0.2, 0) is 6.54 Å². The minimum atomic E-state index is -0.322. The molecule has 7 nitrogen and oxygen atoms in total. The van der Waals surface area contributed by atoms with E-state index in [9.17, 15) is 4.79 Å². The molecule has 3 aromatic heterocycles. The molecule has 0 aliphatic rings. The fourth-order valence-corrected chi connectivity index (χ4v) is 2.32. The quantitative estimate of drug-likeness (QED) is 0.688. The lowest BCUT2D eigenvalue weighted by molar-refractivity contribution is 0.251. The third kappa shape index (κ3) is 3.42. The first kappa shape index (κ1) is 13.3. The highest BCUT2D eigenvalue weighted by atomic mass is 32.1. The van der Waals surface area contributed by atoms with E-state index >= 15 is 0 Å². The fraction of sp³-hybridized carbons (Fsp3) is 0.0769. The number of amides is 2. The third-order valence-electron chi connectivity index (χ3n) is 2.61. The van der Waals surface area contributed by atoms with Crippen LogP contribution in [0.5, 0.6) is 0 Å². The van der Waals surface area contributed by atoms with Crippen molar-refractivity contribution in [2.75, 3.05) is 5.32 Å². The van der Waals surface area contributed by atoms with E-state index in [1.165, 1.54) is 0 Å². The summed E-state index contributed by atoms with van der Waals surface area (Å²) in [5.74, 6) is 1.23. The molecule has 0 radical (unpaired) electrons. The lowest BCUT2D eigenvalue weighted by Crippen LogP contribution is -2.28. The van der Waals surface area contributed by atoms with Crippen molar-refractivity contribution in [3.63, 3.8) is 0 Å². The summed E-state index contributed by atoms with van der Waals surface area (Å²) in [6, 6.07) is 7.07. The van der Waals surface area contributed by atoms with E-state index in [4.69, 9.17) is 0 Å². The van der Waals surface area contributed by atoms with Gasteiger partial charge in [-0.3, -0.25) is 10.1 Å². The fourth-order valence-electron chi connectivity index (χ4n) is 1.67. The molecule has 3 N–H and O–H groups in total. The van der Waals surface area contributed by atoms with E-state index in [1.54, 1.807) is 35.9 Å². The molecular weight excluding hydrogens is 288 g/mol. The highest BCUT2D eigenvalue weighted by Gasteiger charge is 2.08. The van der Waals surface area contributed by atoms with E-state index in [-0.39, 0.29) is 12.6 Å². The molecular formula is C13H12N6OS. The van der Waals surface area contributed by atoms with Gasteiger partial charge in [-0.2, -0.15) is 5.10 Å². The number of carbonyl (C=O) groups excluding carboxylic acids is 1. The normalized spacial score (nSPS) is 10.3. The summed E-state index contributed by atoms with van der Waals surface area (Å²) in [5, 5.41) is 14.3. The van der Waals surface area contributed by atoms with Gasteiger partial charge in [-0.1, -0.05) is 6.07 Å². The zero-order chi connectivity index (χ0) is 14.5. The molecule has 0 bridgehead atoms. The highest BCUT2D eigenvalue weighted by Crippen LogP contribution is 2.20. The Bertz CT molecular complexity index is 709. The second-order valence-corrected chi connectivity index (χ2v) is 5.08. The number of carbonyl (C=O) groups is 1. The molecule has 3 rings (SSSR count). The Morgan fingerprint density at radius 3 is 3.05 bits per heavy atom. The lowest BCUT2D eigenvalue weighted by atomic mass is 10.4. The van der Waals surface area contributed by atoms with Crippen LogP contribution in [0, 0.1) is 0 Å². The van der Waals surface area contributed by atoms with Crippen LogP contribution >= 0.6 is 11.3 Å². The first-order chi connectivity index (χ1) is 10.3. The van der Waals surface area contributed by atoms with E-state index in [1.807, 2.05) is 17.5 Å². The van der Waals surface area contributed by atoms with Crippen molar-refractivity contribution < 1.29 is 4.79 Å². The van der Waals surface area contributed by atoms with Gasteiger partial charge in [0, 0.05) is 6.20 Å². The average molecular weight is 300 g/mol. The van der Waals surface area contributed by atoms with Crippen LogP contribution in [0.25, 0.3) is 10.7 Å². The van der Waals surface area contributed by atoms with Crippen molar-refractivity contribution in [1.29, 1.82) is 0 Å². The molecule has 0 atom stereocenters. The van der Waals surface area contributed by atoms with Crippen molar-refractivity contribution >= 4 is 23.1 Å². The number of rotatable bonds is 4. The van der Waals surface area contributed by atoms with Crippen LogP contribution in [0.3, 0.4) is 0 Å². The van der Waals surface area contributed by atoms with Crippen molar-refractivity contribution in [3.05, 3.63) is 47.9 Å². The molecule has 0 aromatic carbocycles. The van der Waals surface area contributed by atoms with Crippen molar-refractivity contribution in [1.82, 2.24) is 25.5 Å². The average Bonchev–Trinajstić information content (AvgIpc) is 3.17. The first-order valence-corrected chi connectivity index (χ1v) is 7.09. The number of pyridine rings is 1. The topological polar surface area (TPSA) is 95.6 Å². The molecule has 0 saturated heterocycles. The summed E-state index contributed by atoms with van der Waals surface area (Å²) in [4.78, 5) is 20.9. The predicted octanol–water partition coefficient (Wildman–Crippen LogP) is 2.25. The molecule has 3 aromatic rings. The largest absolute Gasteiger partial charge is 0.331 e. The van der Waals surface area contributed by atoms with Crippen LogP contribution < -0.4 is 10.6 Å². The van der Waals surface area contributed by atoms with Crippen LogP contribution in [0.2, 0.25) is 0 Å². The number of hydrogen-bond donors (Lipinski definition) is 3. The van der Waals surface area contributed by atoms with Gasteiger partial charge in [0.2, 0.25) is 0 Å². The molecule has 0 fully saturated rings. The van der Waals surface area contributed by atoms with Crippen molar-refractivity contribution in [2.45, 2.75) is 6.54 Å². The maximum Gasteiger partial charge on any atom is 0.319 e. The first-order valence-electron chi connectivity index (χ1n) is 6.21. The van der Waals surface area contributed by atoms with Gasteiger partial charge in [-0.25, -0.2) is 9.78 Å². The number of nitrogens with one attached hydrogen (secondary N) is 3. The molecule has 21 heavy (non-hydrogen) atoms. The summed E-state index contributed by atoms with van der Waals surface area (Å²) in [5.41, 5.74) is 0.631. The number of nitrogens with zero attached hydrogens (tertiary/aromatic N) is 3. The molecule has 0 aliphatic carbocycles. The van der Waals surface area contributed by atoms with Gasteiger partial charge in [0.15, 0.2) is 5.82 Å². The Kier molecular flexibility index (Phi) is 3.88. The highest BCUT2D eigenvalue weighted by molar-refractivity contribution is 7.13. The van der Waals surface area contributed by atoms with Gasteiger partial charge in [-0.15, -0.1) is 11.3 Å². The van der Waals surface area contributed by atoms with Crippen molar-refractivity contribution in [3.8, 4) is 10.7 Å². The van der Waals surface area contributed by atoms with E-state index in [0.717, 1.165) is 4.88 Å². The predicted molar refractivity (Wildman–Crippen MR) is 79.8 cm³/mol.